The molecule has 0 radical (unpaired) electrons. The lowest BCUT2D eigenvalue weighted by Crippen LogP contribution is -2.57. The normalized spacial score (nSPS) is 27.2. The zero-order valence-electron chi connectivity index (χ0n) is 29.1. The van der Waals surface area contributed by atoms with Gasteiger partial charge in [-0.3, -0.25) is 14.2 Å². The number of rotatable bonds is 6. The number of hydrogen-bond donors (Lipinski definition) is 1. The molecule has 3 aromatic rings. The molecule has 5 atom stereocenters. The van der Waals surface area contributed by atoms with E-state index in [9.17, 15) is 9.59 Å². The number of aliphatic imine (C=N–C) groups is 1. The molecule has 12 heteroatoms. The standard InChI is InChI=1S/C37H47Cl2N7O3/c1-22-20-45(21-33(47)49-22)35(41-31-17-25-16-29(23(31)2)37(25,3)4)40-27-8-9-28-32(19-27)42-36(44-14-12-43(5)13-15-44)46(34(28)48)11-10-24-6-7-26(38)18-30(24)39/h6-9,18-19,22-23,25,29,31H,10-17,20-21H2,1-5H3,(H,40,41)/t22-,23-,25?,29?,31-/m0/s1. The molecule has 1 N–H and O–H groups in total. The van der Waals surface area contributed by atoms with Gasteiger partial charge in [0.15, 0.2) is 5.96 Å². The van der Waals surface area contributed by atoms with E-state index in [0.29, 0.717) is 75.5 Å². The largest absolute Gasteiger partial charge is 0.459 e. The molecule has 1 aromatic heterocycles. The zero-order valence-corrected chi connectivity index (χ0v) is 30.6. The summed E-state index contributed by atoms with van der Waals surface area (Å²) >= 11 is 12.6. The Morgan fingerprint density at radius 1 is 1.06 bits per heavy atom. The number of fused-ring (bicyclic) bond motifs is 3. The Kier molecular flexibility index (Phi) is 9.34. The van der Waals surface area contributed by atoms with Gasteiger partial charge in [0.1, 0.15) is 12.6 Å². The van der Waals surface area contributed by atoms with E-state index >= 15 is 0 Å². The van der Waals surface area contributed by atoms with Gasteiger partial charge in [-0.25, -0.2) is 9.98 Å². The average Bonchev–Trinajstić information content (AvgIpc) is 3.05. The predicted octanol–water partition coefficient (Wildman–Crippen LogP) is 5.78. The monoisotopic (exact) mass is 707 g/mol. The molecule has 3 aliphatic carbocycles. The molecule has 5 fully saturated rings. The number of carbonyl (C=O) groups excluding carboxylic acids is 1. The number of cyclic esters (lactones) is 1. The summed E-state index contributed by atoms with van der Waals surface area (Å²) in [5.74, 6) is 2.81. The number of halogens is 2. The van der Waals surface area contributed by atoms with Crippen LogP contribution in [0.5, 0.6) is 0 Å². The Bertz CT molecular complexity index is 1840. The van der Waals surface area contributed by atoms with E-state index in [-0.39, 0.29) is 30.2 Å². The molecule has 2 unspecified atom stereocenters. The van der Waals surface area contributed by atoms with Crippen molar-refractivity contribution in [3.63, 3.8) is 0 Å². The van der Waals surface area contributed by atoms with Gasteiger partial charge in [0.05, 0.1) is 23.5 Å². The first-order chi connectivity index (χ1) is 23.4. The van der Waals surface area contributed by atoms with Gasteiger partial charge in [0, 0.05) is 48.5 Å². The summed E-state index contributed by atoms with van der Waals surface area (Å²) in [4.78, 5) is 43.7. The van der Waals surface area contributed by atoms with Crippen molar-refractivity contribution in [2.24, 2.45) is 28.2 Å². The molecule has 10 nitrogen and oxygen atoms in total. The maximum absolute atomic E-state index is 14.2. The van der Waals surface area contributed by atoms with Crippen LogP contribution in [0.2, 0.25) is 10.0 Å². The number of carbonyl (C=O) groups is 1. The molecular formula is C37H47Cl2N7O3. The van der Waals surface area contributed by atoms with E-state index in [1.807, 2.05) is 42.2 Å². The predicted molar refractivity (Wildman–Crippen MR) is 197 cm³/mol. The highest BCUT2D eigenvalue weighted by atomic mass is 35.5. The molecule has 2 aliphatic heterocycles. The summed E-state index contributed by atoms with van der Waals surface area (Å²) in [5, 5.41) is 5.28. The molecule has 3 heterocycles. The maximum Gasteiger partial charge on any atom is 0.325 e. The second-order valence-corrected chi connectivity index (χ2v) is 16.0. The van der Waals surface area contributed by atoms with Gasteiger partial charge in [-0.1, -0.05) is 50.0 Å². The van der Waals surface area contributed by atoms with E-state index in [2.05, 4.69) is 42.9 Å². The summed E-state index contributed by atoms with van der Waals surface area (Å²) in [6, 6.07) is 11.3. The summed E-state index contributed by atoms with van der Waals surface area (Å²) in [5.41, 5.74) is 2.58. The molecular weight excluding hydrogens is 661 g/mol. The van der Waals surface area contributed by atoms with Crippen molar-refractivity contribution in [3.8, 4) is 0 Å². The fourth-order valence-corrected chi connectivity index (χ4v) is 8.96. The fraction of sp³-hybridized carbons (Fsp3) is 0.568. The lowest BCUT2D eigenvalue weighted by molar-refractivity contribution is -0.154. The zero-order chi connectivity index (χ0) is 34.6. The van der Waals surface area contributed by atoms with Crippen LogP contribution in [-0.2, 0) is 22.5 Å². The summed E-state index contributed by atoms with van der Waals surface area (Å²) in [6.45, 7) is 13.5. The third kappa shape index (κ3) is 6.76. The highest BCUT2D eigenvalue weighted by Gasteiger charge is 2.56. The average molecular weight is 709 g/mol. The van der Waals surface area contributed by atoms with Crippen molar-refractivity contribution in [1.29, 1.82) is 0 Å². The van der Waals surface area contributed by atoms with Gasteiger partial charge < -0.3 is 24.8 Å². The Morgan fingerprint density at radius 3 is 2.53 bits per heavy atom. The van der Waals surface area contributed by atoms with Crippen molar-refractivity contribution in [2.75, 3.05) is 56.5 Å². The number of nitrogens with one attached hydrogen (secondary N) is 1. The van der Waals surface area contributed by atoms with Crippen molar-refractivity contribution in [3.05, 3.63) is 62.4 Å². The van der Waals surface area contributed by atoms with Crippen LogP contribution in [0, 0.1) is 23.2 Å². The SMILES string of the molecule is C[C@H]1CN(/C(=N\[C@H]2CC3CC([C@@H]2C)C3(C)C)Nc2ccc3c(=O)n(CCc4ccc(Cl)cc4Cl)c(N4CCN(C)CC4)nc3c2)CC(=O)O1. The molecule has 2 aromatic carbocycles. The Balaban J connectivity index is 1.23. The third-order valence-electron chi connectivity index (χ3n) is 11.6. The molecule has 5 aliphatic rings. The number of aromatic nitrogens is 2. The lowest BCUT2D eigenvalue weighted by atomic mass is 9.45. The van der Waals surface area contributed by atoms with E-state index in [1.54, 1.807) is 10.6 Å². The molecule has 49 heavy (non-hydrogen) atoms. The van der Waals surface area contributed by atoms with E-state index in [0.717, 1.165) is 43.9 Å². The van der Waals surface area contributed by atoms with Crippen molar-refractivity contribution >= 4 is 57.7 Å². The van der Waals surface area contributed by atoms with Gasteiger partial charge in [-0.2, -0.15) is 0 Å². The van der Waals surface area contributed by atoms with Crippen LogP contribution in [0.3, 0.4) is 0 Å². The number of ether oxygens (including phenoxy) is 1. The van der Waals surface area contributed by atoms with Crippen LogP contribution < -0.4 is 15.8 Å². The molecule has 262 valence electrons. The number of guanidine groups is 1. The van der Waals surface area contributed by atoms with Crippen molar-refractivity contribution in [2.45, 2.75) is 65.6 Å². The van der Waals surface area contributed by atoms with Crippen LogP contribution in [0.4, 0.5) is 11.6 Å². The topological polar surface area (TPSA) is 95.3 Å². The molecule has 8 rings (SSSR count). The van der Waals surface area contributed by atoms with Gasteiger partial charge >= 0.3 is 5.97 Å². The highest BCUT2D eigenvalue weighted by molar-refractivity contribution is 6.35. The van der Waals surface area contributed by atoms with Crippen molar-refractivity contribution in [1.82, 2.24) is 19.4 Å². The van der Waals surface area contributed by atoms with Gasteiger partial charge in [0.2, 0.25) is 5.95 Å². The molecule has 0 amide bonds. The second kappa shape index (κ2) is 13.4. The summed E-state index contributed by atoms with van der Waals surface area (Å²) < 4.78 is 7.26. The lowest BCUT2D eigenvalue weighted by Gasteiger charge is -2.61. The molecule has 0 spiro atoms. The highest BCUT2D eigenvalue weighted by Crippen LogP contribution is 2.61. The molecule has 2 bridgehead atoms. The smallest absolute Gasteiger partial charge is 0.325 e. The Labute approximate surface area is 298 Å². The van der Waals surface area contributed by atoms with E-state index in [1.165, 1.54) is 6.42 Å². The summed E-state index contributed by atoms with van der Waals surface area (Å²) in [7, 11) is 2.11. The number of piperazine rings is 1. The first kappa shape index (κ1) is 34.1. The minimum atomic E-state index is -0.258. The van der Waals surface area contributed by atoms with Crippen LogP contribution >= 0.6 is 23.2 Å². The Hall–Kier alpha value is -3.34. The van der Waals surface area contributed by atoms with Gasteiger partial charge in [-0.15, -0.1) is 0 Å². The van der Waals surface area contributed by atoms with Crippen LogP contribution in [0.25, 0.3) is 10.9 Å². The van der Waals surface area contributed by atoms with Gasteiger partial charge in [-0.05, 0) is 92.3 Å². The number of anilines is 2. The minimum absolute atomic E-state index is 0.0880. The number of morpholine rings is 1. The quantitative estimate of drug-likeness (QED) is 0.196. The fourth-order valence-electron chi connectivity index (χ4n) is 8.46. The first-order valence-corrected chi connectivity index (χ1v) is 18.3. The number of hydrogen-bond acceptors (Lipinski definition) is 7. The van der Waals surface area contributed by atoms with Crippen LogP contribution in [0.15, 0.2) is 46.2 Å². The van der Waals surface area contributed by atoms with Crippen molar-refractivity contribution < 1.29 is 9.53 Å². The van der Waals surface area contributed by atoms with E-state index in [4.69, 9.17) is 37.9 Å². The number of nitrogens with zero attached hydrogens (tertiary/aromatic N) is 6. The number of benzene rings is 2. The third-order valence-corrected chi connectivity index (χ3v) is 12.2. The number of likely N-dealkylation sites (N-methyl/N-ethyl adjacent to an activating group) is 1. The molecule has 2 saturated heterocycles. The maximum atomic E-state index is 14.2. The van der Waals surface area contributed by atoms with Gasteiger partial charge in [0.25, 0.3) is 5.56 Å². The minimum Gasteiger partial charge on any atom is -0.459 e. The first-order valence-electron chi connectivity index (χ1n) is 17.6. The molecule has 3 saturated carbocycles. The van der Waals surface area contributed by atoms with Crippen LogP contribution in [0.1, 0.15) is 46.1 Å². The number of esters is 1. The van der Waals surface area contributed by atoms with E-state index < -0.39 is 0 Å². The second-order valence-electron chi connectivity index (χ2n) is 15.2. The Morgan fingerprint density at radius 2 is 1.84 bits per heavy atom. The summed E-state index contributed by atoms with van der Waals surface area (Å²) in [6.07, 6.45) is 2.64. The number of aryl methyl sites for hydroxylation is 1. The van der Waals surface area contributed by atoms with Crippen LogP contribution in [-0.4, -0.2) is 89.7 Å².